The fraction of sp³-hybridized carbons (Fsp3) is 0.138. The molecule has 1 amide bonds. The number of ether oxygens (including phenoxy) is 1. The summed E-state index contributed by atoms with van der Waals surface area (Å²) < 4.78 is 11.4. The summed E-state index contributed by atoms with van der Waals surface area (Å²) in [5.74, 6) is -0.739. The number of hydrogen-bond acceptors (Lipinski definition) is 6. The van der Waals surface area contributed by atoms with E-state index in [0.29, 0.717) is 23.7 Å². The van der Waals surface area contributed by atoms with Crippen molar-refractivity contribution in [3.8, 4) is 5.75 Å². The highest BCUT2D eigenvalue weighted by molar-refractivity contribution is 6.46. The molecule has 1 aliphatic rings. The molecule has 0 aliphatic carbocycles. The number of Topliss-reactive ketones (excluding diaryl/α,β-unsaturated/α-hetero) is 1. The first-order valence-corrected chi connectivity index (χ1v) is 11.5. The predicted molar refractivity (Wildman–Crippen MR) is 133 cm³/mol. The van der Waals surface area contributed by atoms with Gasteiger partial charge >= 0.3 is 0 Å². The van der Waals surface area contributed by atoms with Crippen LogP contribution in [0.15, 0.2) is 101 Å². The standard InChI is InChI=1S/C29H24N2O5/c1-19-5-2-6-20(15-19)18-36-23-11-9-22(10-12-23)27(32)25-26(24-8-4-14-35-24)31(29(34)28(25)33)17-21-7-3-13-30-16-21/h2-16,26,32H,17-18H2,1H3/b27-25+/t26-/m1/s1. The zero-order valence-corrected chi connectivity index (χ0v) is 19.6. The first kappa shape index (κ1) is 23.1. The Morgan fingerprint density at radius 1 is 1.03 bits per heavy atom. The lowest BCUT2D eigenvalue weighted by molar-refractivity contribution is -0.140. The van der Waals surface area contributed by atoms with Crippen LogP contribution in [-0.2, 0) is 22.7 Å². The van der Waals surface area contributed by atoms with Gasteiger partial charge in [-0.15, -0.1) is 0 Å². The molecule has 1 atom stereocenters. The first-order valence-electron chi connectivity index (χ1n) is 11.5. The SMILES string of the molecule is Cc1cccc(COc2ccc(/C(O)=C3\C(=O)C(=O)N(Cc4cccnc4)[C@@H]3c3ccco3)cc2)c1. The molecule has 4 aromatic rings. The molecule has 1 aliphatic heterocycles. The Balaban J connectivity index is 1.43. The lowest BCUT2D eigenvalue weighted by Gasteiger charge is -2.23. The number of aliphatic hydroxyl groups excluding tert-OH is 1. The Morgan fingerprint density at radius 2 is 1.83 bits per heavy atom. The van der Waals surface area contributed by atoms with Gasteiger partial charge in [0.25, 0.3) is 11.7 Å². The molecular weight excluding hydrogens is 456 g/mol. The number of furan rings is 1. The van der Waals surface area contributed by atoms with Gasteiger partial charge in [-0.2, -0.15) is 0 Å². The predicted octanol–water partition coefficient (Wildman–Crippen LogP) is 5.18. The van der Waals surface area contributed by atoms with Gasteiger partial charge < -0.3 is 19.2 Å². The van der Waals surface area contributed by atoms with Crippen LogP contribution in [0.3, 0.4) is 0 Å². The highest BCUT2D eigenvalue weighted by Gasteiger charge is 2.47. The van der Waals surface area contributed by atoms with Crippen molar-refractivity contribution < 1.29 is 23.8 Å². The van der Waals surface area contributed by atoms with E-state index >= 15 is 0 Å². The molecule has 0 spiro atoms. The number of aromatic nitrogens is 1. The number of aryl methyl sites for hydroxylation is 1. The normalized spacial score (nSPS) is 16.9. The second-order valence-corrected chi connectivity index (χ2v) is 8.61. The summed E-state index contributed by atoms with van der Waals surface area (Å²) in [7, 11) is 0. The molecule has 2 aromatic carbocycles. The summed E-state index contributed by atoms with van der Waals surface area (Å²) in [4.78, 5) is 31.6. The highest BCUT2D eigenvalue weighted by atomic mass is 16.5. The third-order valence-electron chi connectivity index (χ3n) is 6.04. The highest BCUT2D eigenvalue weighted by Crippen LogP contribution is 2.40. The first-order chi connectivity index (χ1) is 17.5. The van der Waals surface area contributed by atoms with E-state index < -0.39 is 17.7 Å². The van der Waals surface area contributed by atoms with Crippen molar-refractivity contribution in [2.45, 2.75) is 26.1 Å². The molecule has 7 nitrogen and oxygen atoms in total. The number of carbonyl (C=O) groups excluding carboxylic acids is 2. The zero-order chi connectivity index (χ0) is 25.1. The van der Waals surface area contributed by atoms with E-state index in [9.17, 15) is 14.7 Å². The van der Waals surface area contributed by atoms with Crippen molar-refractivity contribution in [1.29, 1.82) is 0 Å². The van der Waals surface area contributed by atoms with Crippen LogP contribution in [-0.4, -0.2) is 26.7 Å². The minimum absolute atomic E-state index is 0.0210. The molecule has 5 rings (SSSR count). The summed E-state index contributed by atoms with van der Waals surface area (Å²) >= 11 is 0. The number of aliphatic hydroxyl groups is 1. The Labute approximate surface area is 208 Å². The van der Waals surface area contributed by atoms with Gasteiger partial charge in [0.05, 0.1) is 11.8 Å². The number of amides is 1. The van der Waals surface area contributed by atoms with Gasteiger partial charge in [-0.3, -0.25) is 14.6 Å². The molecular formula is C29H24N2O5. The van der Waals surface area contributed by atoms with Crippen LogP contribution in [0.25, 0.3) is 5.76 Å². The topological polar surface area (TPSA) is 92.9 Å². The second kappa shape index (κ2) is 9.92. The largest absolute Gasteiger partial charge is 0.507 e. The van der Waals surface area contributed by atoms with Gasteiger partial charge in [0, 0.05) is 24.5 Å². The van der Waals surface area contributed by atoms with Crippen LogP contribution in [0.2, 0.25) is 0 Å². The average Bonchev–Trinajstić information content (AvgIpc) is 3.51. The summed E-state index contributed by atoms with van der Waals surface area (Å²) in [6, 6.07) is 20.9. The van der Waals surface area contributed by atoms with Gasteiger partial charge in [-0.05, 0) is 60.5 Å². The Morgan fingerprint density at radius 3 is 2.53 bits per heavy atom. The maximum Gasteiger partial charge on any atom is 0.296 e. The molecule has 36 heavy (non-hydrogen) atoms. The van der Waals surface area contributed by atoms with Crippen molar-refractivity contribution in [3.63, 3.8) is 0 Å². The summed E-state index contributed by atoms with van der Waals surface area (Å²) in [6.45, 7) is 2.58. The lowest BCUT2D eigenvalue weighted by Crippen LogP contribution is -2.29. The maximum atomic E-state index is 13.1. The lowest BCUT2D eigenvalue weighted by atomic mass is 9.99. The third-order valence-corrected chi connectivity index (χ3v) is 6.04. The van der Waals surface area contributed by atoms with Crippen LogP contribution >= 0.6 is 0 Å². The second-order valence-electron chi connectivity index (χ2n) is 8.61. The Bertz CT molecular complexity index is 1410. The smallest absolute Gasteiger partial charge is 0.296 e. The molecule has 0 bridgehead atoms. The average molecular weight is 481 g/mol. The molecule has 0 unspecified atom stereocenters. The van der Waals surface area contributed by atoms with Gasteiger partial charge in [0.15, 0.2) is 0 Å². The molecule has 0 radical (unpaired) electrons. The van der Waals surface area contributed by atoms with Gasteiger partial charge in [0.2, 0.25) is 0 Å². The van der Waals surface area contributed by atoms with Crippen molar-refractivity contribution in [3.05, 3.63) is 125 Å². The minimum Gasteiger partial charge on any atom is -0.507 e. The molecule has 2 aromatic heterocycles. The van der Waals surface area contributed by atoms with E-state index in [1.807, 2.05) is 31.2 Å². The number of likely N-dealkylation sites (tertiary alicyclic amines) is 1. The van der Waals surface area contributed by atoms with E-state index in [1.54, 1.807) is 54.9 Å². The fourth-order valence-corrected chi connectivity index (χ4v) is 4.31. The van der Waals surface area contributed by atoms with Crippen molar-refractivity contribution in [2.24, 2.45) is 0 Å². The molecule has 1 saturated heterocycles. The van der Waals surface area contributed by atoms with E-state index in [-0.39, 0.29) is 17.9 Å². The van der Waals surface area contributed by atoms with E-state index in [1.165, 1.54) is 11.2 Å². The number of carbonyl (C=O) groups is 2. The summed E-state index contributed by atoms with van der Waals surface area (Å²) in [5, 5.41) is 11.2. The summed E-state index contributed by atoms with van der Waals surface area (Å²) in [6.07, 6.45) is 4.74. The van der Waals surface area contributed by atoms with E-state index in [0.717, 1.165) is 16.7 Å². The van der Waals surface area contributed by atoms with Crippen LogP contribution < -0.4 is 4.74 Å². The van der Waals surface area contributed by atoms with E-state index in [4.69, 9.17) is 9.15 Å². The fourth-order valence-electron chi connectivity index (χ4n) is 4.31. The number of ketones is 1. The van der Waals surface area contributed by atoms with Crippen LogP contribution in [0.1, 0.15) is 34.1 Å². The molecule has 7 heteroatoms. The molecule has 1 N–H and O–H groups in total. The molecule has 3 heterocycles. The zero-order valence-electron chi connectivity index (χ0n) is 19.6. The van der Waals surface area contributed by atoms with E-state index in [2.05, 4.69) is 11.1 Å². The molecule has 180 valence electrons. The van der Waals surface area contributed by atoms with Gasteiger partial charge in [0.1, 0.15) is 29.9 Å². The summed E-state index contributed by atoms with van der Waals surface area (Å²) in [5.41, 5.74) is 3.34. The van der Waals surface area contributed by atoms with Crippen molar-refractivity contribution in [1.82, 2.24) is 9.88 Å². The molecule has 0 saturated carbocycles. The number of rotatable bonds is 7. The number of pyridine rings is 1. The van der Waals surface area contributed by atoms with Crippen LogP contribution in [0.5, 0.6) is 5.75 Å². The number of benzene rings is 2. The van der Waals surface area contributed by atoms with Crippen LogP contribution in [0.4, 0.5) is 0 Å². The van der Waals surface area contributed by atoms with Gasteiger partial charge in [-0.25, -0.2) is 0 Å². The minimum atomic E-state index is -0.863. The Hall–Kier alpha value is -4.65. The molecule has 1 fully saturated rings. The van der Waals surface area contributed by atoms with Crippen molar-refractivity contribution >= 4 is 17.4 Å². The van der Waals surface area contributed by atoms with Crippen molar-refractivity contribution in [2.75, 3.05) is 0 Å². The monoisotopic (exact) mass is 480 g/mol. The number of nitrogens with zero attached hydrogens (tertiary/aromatic N) is 2. The Kier molecular flexibility index (Phi) is 6.36. The van der Waals surface area contributed by atoms with Gasteiger partial charge in [-0.1, -0.05) is 35.9 Å². The maximum absolute atomic E-state index is 13.1. The third kappa shape index (κ3) is 4.63. The van der Waals surface area contributed by atoms with Crippen LogP contribution in [0, 0.1) is 6.92 Å². The number of hydrogen-bond donors (Lipinski definition) is 1. The quantitative estimate of drug-likeness (QED) is 0.222.